The number of nitrogens with two attached hydrogens (primary N) is 1. The van der Waals surface area contributed by atoms with Crippen molar-refractivity contribution in [1.82, 2.24) is 9.80 Å². The predicted molar refractivity (Wildman–Crippen MR) is 77.7 cm³/mol. The molecule has 2 aliphatic heterocycles. The Labute approximate surface area is 113 Å². The highest BCUT2D eigenvalue weighted by molar-refractivity contribution is 4.89. The van der Waals surface area contributed by atoms with Crippen LogP contribution in [0.5, 0.6) is 0 Å². The number of nitrogens with zero attached hydrogens (tertiary/aromatic N) is 2. The van der Waals surface area contributed by atoms with E-state index in [9.17, 15) is 0 Å². The van der Waals surface area contributed by atoms with Gasteiger partial charge >= 0.3 is 0 Å². The molecule has 2 atom stereocenters. The molecular formula is C15H31N3. The van der Waals surface area contributed by atoms with Gasteiger partial charge in [0.1, 0.15) is 0 Å². The molecule has 0 radical (unpaired) electrons. The van der Waals surface area contributed by atoms with Gasteiger partial charge in [0.2, 0.25) is 0 Å². The maximum Gasteiger partial charge on any atom is 0.0145 e. The molecule has 0 bridgehead atoms. The number of hydrogen-bond acceptors (Lipinski definition) is 3. The monoisotopic (exact) mass is 253 g/mol. The summed E-state index contributed by atoms with van der Waals surface area (Å²) >= 11 is 0. The Hall–Kier alpha value is -0.120. The summed E-state index contributed by atoms with van der Waals surface area (Å²) in [5, 5.41) is 0. The number of fused-ring (bicyclic) bond motifs is 1. The molecule has 18 heavy (non-hydrogen) atoms. The van der Waals surface area contributed by atoms with Gasteiger partial charge in [-0.25, -0.2) is 0 Å². The highest BCUT2D eigenvalue weighted by Gasteiger charge is 2.34. The van der Waals surface area contributed by atoms with Crippen molar-refractivity contribution >= 4 is 0 Å². The first kappa shape index (κ1) is 14.3. The van der Waals surface area contributed by atoms with Gasteiger partial charge in [-0.05, 0) is 70.2 Å². The normalized spacial score (nSPS) is 31.3. The number of rotatable bonds is 4. The molecule has 2 rings (SSSR count). The Morgan fingerprint density at radius 3 is 2.72 bits per heavy atom. The lowest BCUT2D eigenvalue weighted by Crippen LogP contribution is -2.53. The zero-order chi connectivity index (χ0) is 13.2. The molecule has 0 aromatic heterocycles. The standard InChI is InChI=1S/C15H31N3/c1-15(2,12-16)7-10-18-9-6-14-13(11-18)5-4-8-17(14)3/h13-14H,4-12,16H2,1-3H3. The van der Waals surface area contributed by atoms with Gasteiger partial charge in [-0.15, -0.1) is 0 Å². The zero-order valence-electron chi connectivity index (χ0n) is 12.5. The van der Waals surface area contributed by atoms with Crippen LogP contribution in [0, 0.1) is 11.3 Å². The Kier molecular flexibility index (Phi) is 4.68. The van der Waals surface area contributed by atoms with E-state index >= 15 is 0 Å². The molecule has 0 aromatic carbocycles. The second-order valence-corrected chi connectivity index (χ2v) is 7.16. The summed E-state index contributed by atoms with van der Waals surface area (Å²) in [4.78, 5) is 5.27. The molecule has 2 N–H and O–H groups in total. The third-order valence-corrected chi connectivity index (χ3v) is 5.09. The molecule has 106 valence electrons. The van der Waals surface area contributed by atoms with Crippen molar-refractivity contribution in [2.75, 3.05) is 39.8 Å². The highest BCUT2D eigenvalue weighted by atomic mass is 15.2. The van der Waals surface area contributed by atoms with Crippen LogP contribution in [0.1, 0.15) is 39.5 Å². The first-order valence-electron chi connectivity index (χ1n) is 7.64. The third kappa shape index (κ3) is 3.46. The average molecular weight is 253 g/mol. The van der Waals surface area contributed by atoms with Crippen molar-refractivity contribution in [1.29, 1.82) is 0 Å². The van der Waals surface area contributed by atoms with Crippen LogP contribution in [0.2, 0.25) is 0 Å². The van der Waals surface area contributed by atoms with E-state index in [4.69, 9.17) is 5.73 Å². The molecule has 2 saturated heterocycles. The molecule has 3 heteroatoms. The summed E-state index contributed by atoms with van der Waals surface area (Å²) in [6.45, 7) is 10.5. The second kappa shape index (κ2) is 5.89. The van der Waals surface area contributed by atoms with Gasteiger partial charge in [-0.1, -0.05) is 13.8 Å². The van der Waals surface area contributed by atoms with Gasteiger partial charge in [0, 0.05) is 12.6 Å². The SMILES string of the molecule is CN1CCCC2CN(CCC(C)(C)CN)CCC21. The summed E-state index contributed by atoms with van der Waals surface area (Å²) in [5.74, 6) is 0.915. The van der Waals surface area contributed by atoms with Crippen LogP contribution in [0.3, 0.4) is 0 Å². The lowest BCUT2D eigenvalue weighted by molar-refractivity contribution is 0.0344. The van der Waals surface area contributed by atoms with Gasteiger partial charge in [0.15, 0.2) is 0 Å². The van der Waals surface area contributed by atoms with Crippen molar-refractivity contribution in [2.24, 2.45) is 17.1 Å². The Bertz CT molecular complexity index is 264. The quantitative estimate of drug-likeness (QED) is 0.829. The Balaban J connectivity index is 1.80. The fourth-order valence-corrected chi connectivity index (χ4v) is 3.49. The van der Waals surface area contributed by atoms with E-state index in [0.29, 0.717) is 5.41 Å². The molecular weight excluding hydrogens is 222 g/mol. The van der Waals surface area contributed by atoms with Crippen molar-refractivity contribution in [3.8, 4) is 0 Å². The van der Waals surface area contributed by atoms with Crippen LogP contribution in [0.25, 0.3) is 0 Å². The summed E-state index contributed by atoms with van der Waals surface area (Å²) in [7, 11) is 2.31. The molecule has 0 saturated carbocycles. The summed E-state index contributed by atoms with van der Waals surface area (Å²) < 4.78 is 0. The van der Waals surface area contributed by atoms with Crippen molar-refractivity contribution in [3.05, 3.63) is 0 Å². The number of hydrogen-bond donors (Lipinski definition) is 1. The van der Waals surface area contributed by atoms with Gasteiger partial charge < -0.3 is 15.5 Å². The Morgan fingerprint density at radius 2 is 2.00 bits per heavy atom. The van der Waals surface area contributed by atoms with Crippen molar-refractivity contribution in [3.63, 3.8) is 0 Å². The van der Waals surface area contributed by atoms with E-state index in [0.717, 1.165) is 18.5 Å². The van der Waals surface area contributed by atoms with Crippen LogP contribution < -0.4 is 5.73 Å². The maximum atomic E-state index is 5.82. The van der Waals surface area contributed by atoms with Crippen LogP contribution >= 0.6 is 0 Å². The minimum absolute atomic E-state index is 0.306. The summed E-state index contributed by atoms with van der Waals surface area (Å²) in [6, 6.07) is 0.859. The minimum atomic E-state index is 0.306. The van der Waals surface area contributed by atoms with E-state index < -0.39 is 0 Å². The fourth-order valence-electron chi connectivity index (χ4n) is 3.49. The van der Waals surface area contributed by atoms with E-state index in [1.807, 2.05) is 0 Å². The Morgan fingerprint density at radius 1 is 1.22 bits per heavy atom. The molecule has 3 nitrogen and oxygen atoms in total. The molecule has 2 fully saturated rings. The lowest BCUT2D eigenvalue weighted by Gasteiger charge is -2.46. The average Bonchev–Trinajstić information content (AvgIpc) is 2.37. The molecule has 0 spiro atoms. The molecule has 0 aliphatic carbocycles. The van der Waals surface area contributed by atoms with E-state index in [2.05, 4.69) is 30.7 Å². The van der Waals surface area contributed by atoms with Crippen molar-refractivity contribution < 1.29 is 0 Å². The summed E-state index contributed by atoms with van der Waals surface area (Å²) in [5.41, 5.74) is 6.13. The maximum absolute atomic E-state index is 5.82. The lowest BCUT2D eigenvalue weighted by atomic mass is 9.83. The highest BCUT2D eigenvalue weighted by Crippen LogP contribution is 2.30. The topological polar surface area (TPSA) is 32.5 Å². The van der Waals surface area contributed by atoms with Gasteiger partial charge in [0.05, 0.1) is 0 Å². The van der Waals surface area contributed by atoms with Gasteiger partial charge in [0.25, 0.3) is 0 Å². The van der Waals surface area contributed by atoms with Gasteiger partial charge in [-0.2, -0.15) is 0 Å². The molecule has 0 aromatic rings. The smallest absolute Gasteiger partial charge is 0.0145 e. The number of likely N-dealkylation sites (tertiary alicyclic amines) is 2. The number of piperidine rings is 2. The van der Waals surface area contributed by atoms with Crippen LogP contribution in [0.4, 0.5) is 0 Å². The predicted octanol–water partition coefficient (Wildman–Crippen LogP) is 1.78. The minimum Gasteiger partial charge on any atom is -0.330 e. The van der Waals surface area contributed by atoms with Gasteiger partial charge in [-0.3, -0.25) is 0 Å². The first-order valence-corrected chi connectivity index (χ1v) is 7.64. The zero-order valence-corrected chi connectivity index (χ0v) is 12.5. The molecule has 2 aliphatic rings. The molecule has 2 heterocycles. The fraction of sp³-hybridized carbons (Fsp3) is 1.00. The van der Waals surface area contributed by atoms with E-state index in [-0.39, 0.29) is 0 Å². The van der Waals surface area contributed by atoms with Crippen LogP contribution in [-0.4, -0.2) is 55.6 Å². The van der Waals surface area contributed by atoms with E-state index in [1.54, 1.807) is 0 Å². The summed E-state index contributed by atoms with van der Waals surface area (Å²) in [6.07, 6.45) is 5.42. The molecule has 0 amide bonds. The second-order valence-electron chi connectivity index (χ2n) is 7.16. The largest absolute Gasteiger partial charge is 0.330 e. The van der Waals surface area contributed by atoms with Crippen LogP contribution in [-0.2, 0) is 0 Å². The van der Waals surface area contributed by atoms with E-state index in [1.165, 1.54) is 51.9 Å². The first-order chi connectivity index (χ1) is 8.52. The van der Waals surface area contributed by atoms with Crippen molar-refractivity contribution in [2.45, 2.75) is 45.6 Å². The molecule has 2 unspecified atom stereocenters. The van der Waals surface area contributed by atoms with Crippen LogP contribution in [0.15, 0.2) is 0 Å². The third-order valence-electron chi connectivity index (χ3n) is 5.09.